The number of aliphatic hydroxyl groups excluding tert-OH is 1. The van der Waals surface area contributed by atoms with Crippen LogP contribution in [0.1, 0.15) is 6.92 Å². The molecule has 19 heavy (non-hydrogen) atoms. The second-order valence-corrected chi connectivity index (χ2v) is 6.79. The van der Waals surface area contributed by atoms with E-state index < -0.39 is 10.0 Å². The molecule has 1 aromatic rings. The molecule has 0 fully saturated rings. The Morgan fingerprint density at radius 2 is 2.05 bits per heavy atom. The Hall–Kier alpha value is -1.31. The van der Waals surface area contributed by atoms with E-state index in [4.69, 9.17) is 10.8 Å². The predicted molar refractivity (Wildman–Crippen MR) is 76.5 cm³/mol. The number of benzene rings is 1. The van der Waals surface area contributed by atoms with Gasteiger partial charge in [-0.15, -0.1) is 0 Å². The van der Waals surface area contributed by atoms with Crippen molar-refractivity contribution in [3.63, 3.8) is 0 Å². The molecule has 0 saturated carbocycles. The molecule has 0 aliphatic heterocycles. The zero-order valence-electron chi connectivity index (χ0n) is 11.4. The fourth-order valence-electron chi connectivity index (χ4n) is 1.47. The Morgan fingerprint density at radius 1 is 1.42 bits per heavy atom. The molecule has 108 valence electrons. The van der Waals surface area contributed by atoms with Gasteiger partial charge in [0.25, 0.3) is 0 Å². The van der Waals surface area contributed by atoms with Crippen molar-refractivity contribution in [2.45, 2.75) is 11.8 Å². The van der Waals surface area contributed by atoms with E-state index in [-0.39, 0.29) is 23.1 Å². The SMILES string of the molecule is CC(CO)CNc1cccc(S(=O)(=O)N(C)C)c1N. The molecule has 1 unspecified atom stereocenters. The third kappa shape index (κ3) is 3.59. The number of aliphatic hydroxyl groups is 1. The van der Waals surface area contributed by atoms with Crippen molar-refractivity contribution in [1.29, 1.82) is 0 Å². The van der Waals surface area contributed by atoms with E-state index in [1.807, 2.05) is 6.92 Å². The van der Waals surface area contributed by atoms with Crippen LogP contribution in [0.4, 0.5) is 11.4 Å². The summed E-state index contributed by atoms with van der Waals surface area (Å²) in [5.74, 6) is 0.0634. The van der Waals surface area contributed by atoms with Crippen molar-refractivity contribution in [3.8, 4) is 0 Å². The van der Waals surface area contributed by atoms with Crippen LogP contribution in [0, 0.1) is 5.92 Å². The number of para-hydroxylation sites is 1. The third-order valence-corrected chi connectivity index (χ3v) is 4.65. The monoisotopic (exact) mass is 287 g/mol. The highest BCUT2D eigenvalue weighted by atomic mass is 32.2. The molecule has 1 aromatic carbocycles. The second-order valence-electron chi connectivity index (χ2n) is 4.67. The highest BCUT2D eigenvalue weighted by Gasteiger charge is 2.21. The van der Waals surface area contributed by atoms with Crippen LogP contribution in [0.2, 0.25) is 0 Å². The number of nitrogens with two attached hydrogens (primary N) is 1. The fourth-order valence-corrected chi connectivity index (χ4v) is 2.50. The largest absolute Gasteiger partial charge is 0.396 e. The lowest BCUT2D eigenvalue weighted by atomic mass is 10.2. The van der Waals surface area contributed by atoms with E-state index in [0.717, 1.165) is 4.31 Å². The first-order chi connectivity index (χ1) is 8.80. The summed E-state index contributed by atoms with van der Waals surface area (Å²) in [4.78, 5) is 0.0825. The van der Waals surface area contributed by atoms with Crippen molar-refractivity contribution in [2.75, 3.05) is 38.3 Å². The molecule has 0 radical (unpaired) electrons. The Morgan fingerprint density at radius 3 is 2.58 bits per heavy atom. The van der Waals surface area contributed by atoms with Gasteiger partial charge < -0.3 is 16.2 Å². The number of nitrogens with one attached hydrogen (secondary N) is 1. The van der Waals surface area contributed by atoms with Crippen LogP contribution >= 0.6 is 0 Å². The molecule has 4 N–H and O–H groups in total. The normalized spacial score (nSPS) is 13.5. The maximum atomic E-state index is 12.1. The van der Waals surface area contributed by atoms with Gasteiger partial charge in [0.1, 0.15) is 4.90 Å². The standard InChI is InChI=1S/C12H21N3O3S/c1-9(8-16)7-14-10-5-4-6-11(12(10)13)19(17,18)15(2)3/h4-6,9,14,16H,7-8,13H2,1-3H3. The highest BCUT2D eigenvalue weighted by molar-refractivity contribution is 7.89. The molecule has 0 aliphatic carbocycles. The van der Waals surface area contributed by atoms with Crippen LogP contribution in [0.25, 0.3) is 0 Å². The maximum Gasteiger partial charge on any atom is 0.244 e. The molecule has 0 aromatic heterocycles. The molecule has 0 amide bonds. The van der Waals surface area contributed by atoms with Crippen LogP contribution < -0.4 is 11.1 Å². The summed E-state index contributed by atoms with van der Waals surface area (Å²) < 4.78 is 25.3. The molecule has 0 saturated heterocycles. The Kier molecular flexibility index (Phi) is 5.16. The van der Waals surface area contributed by atoms with Gasteiger partial charge in [-0.05, 0) is 18.1 Å². The topological polar surface area (TPSA) is 95.7 Å². The van der Waals surface area contributed by atoms with Gasteiger partial charge in [-0.3, -0.25) is 0 Å². The van der Waals surface area contributed by atoms with Gasteiger partial charge in [-0.25, -0.2) is 12.7 Å². The Bertz CT molecular complexity index is 529. The first-order valence-corrected chi connectivity index (χ1v) is 7.40. The first kappa shape index (κ1) is 15.7. The lowest BCUT2D eigenvalue weighted by Crippen LogP contribution is -2.24. The zero-order valence-corrected chi connectivity index (χ0v) is 12.2. The van der Waals surface area contributed by atoms with Crippen LogP contribution in [-0.4, -0.2) is 45.1 Å². The number of rotatable bonds is 6. The average molecular weight is 287 g/mol. The van der Waals surface area contributed by atoms with E-state index in [1.165, 1.54) is 20.2 Å². The van der Waals surface area contributed by atoms with Crippen LogP contribution in [0.15, 0.2) is 23.1 Å². The van der Waals surface area contributed by atoms with Gasteiger partial charge >= 0.3 is 0 Å². The van der Waals surface area contributed by atoms with E-state index in [2.05, 4.69) is 5.32 Å². The number of hydrogen-bond donors (Lipinski definition) is 3. The van der Waals surface area contributed by atoms with Crippen molar-refractivity contribution >= 4 is 21.4 Å². The van der Waals surface area contributed by atoms with Crippen LogP contribution in [0.3, 0.4) is 0 Å². The lowest BCUT2D eigenvalue weighted by Gasteiger charge is -2.17. The third-order valence-electron chi connectivity index (χ3n) is 2.78. The van der Waals surface area contributed by atoms with Gasteiger partial charge in [0.05, 0.1) is 11.4 Å². The molecule has 1 atom stereocenters. The quantitative estimate of drug-likeness (QED) is 0.664. The van der Waals surface area contributed by atoms with E-state index in [9.17, 15) is 8.42 Å². The van der Waals surface area contributed by atoms with E-state index >= 15 is 0 Å². The number of anilines is 2. The van der Waals surface area contributed by atoms with Gasteiger partial charge in [0.15, 0.2) is 0 Å². The molecular weight excluding hydrogens is 266 g/mol. The Balaban J connectivity index is 3.06. The highest BCUT2D eigenvalue weighted by Crippen LogP contribution is 2.28. The molecule has 0 heterocycles. The minimum Gasteiger partial charge on any atom is -0.396 e. The molecule has 0 spiro atoms. The fraction of sp³-hybridized carbons (Fsp3) is 0.500. The number of sulfonamides is 1. The molecule has 1 rings (SSSR count). The Labute approximate surface area is 114 Å². The predicted octanol–water partition coefficient (Wildman–Crippen LogP) is 0.559. The van der Waals surface area contributed by atoms with Crippen molar-refractivity contribution < 1.29 is 13.5 Å². The number of hydrogen-bond acceptors (Lipinski definition) is 5. The summed E-state index contributed by atoms with van der Waals surface area (Å²) in [6.45, 7) is 2.46. The van der Waals surface area contributed by atoms with Gasteiger partial charge in [-0.1, -0.05) is 13.0 Å². The summed E-state index contributed by atoms with van der Waals surface area (Å²) in [5.41, 5.74) is 6.66. The second kappa shape index (κ2) is 6.23. The van der Waals surface area contributed by atoms with Crippen molar-refractivity contribution in [1.82, 2.24) is 4.31 Å². The van der Waals surface area contributed by atoms with Gasteiger partial charge in [-0.2, -0.15) is 0 Å². The van der Waals surface area contributed by atoms with E-state index in [0.29, 0.717) is 12.2 Å². The number of nitrogen functional groups attached to an aromatic ring is 1. The molecular formula is C12H21N3O3S. The summed E-state index contributed by atoms with van der Waals surface area (Å²) in [5, 5.41) is 12.0. The summed E-state index contributed by atoms with van der Waals surface area (Å²) >= 11 is 0. The lowest BCUT2D eigenvalue weighted by molar-refractivity contribution is 0.244. The van der Waals surface area contributed by atoms with Crippen LogP contribution in [0.5, 0.6) is 0 Å². The summed E-state index contributed by atoms with van der Waals surface area (Å²) in [6.07, 6.45) is 0. The molecule has 0 aliphatic rings. The summed E-state index contributed by atoms with van der Waals surface area (Å²) in [7, 11) is -0.633. The van der Waals surface area contributed by atoms with Crippen molar-refractivity contribution in [3.05, 3.63) is 18.2 Å². The zero-order chi connectivity index (χ0) is 14.6. The minimum absolute atomic E-state index is 0.0581. The number of nitrogens with zero attached hydrogens (tertiary/aromatic N) is 1. The van der Waals surface area contributed by atoms with Gasteiger partial charge in [0, 0.05) is 27.2 Å². The first-order valence-electron chi connectivity index (χ1n) is 5.96. The molecule has 0 bridgehead atoms. The maximum absolute atomic E-state index is 12.1. The molecule has 7 heteroatoms. The van der Waals surface area contributed by atoms with Gasteiger partial charge in [0.2, 0.25) is 10.0 Å². The van der Waals surface area contributed by atoms with Crippen molar-refractivity contribution in [2.24, 2.45) is 5.92 Å². The molecule has 6 nitrogen and oxygen atoms in total. The smallest absolute Gasteiger partial charge is 0.244 e. The van der Waals surface area contributed by atoms with E-state index in [1.54, 1.807) is 12.1 Å². The average Bonchev–Trinajstić information content (AvgIpc) is 2.36. The summed E-state index contributed by atoms with van der Waals surface area (Å²) in [6, 6.07) is 4.83. The minimum atomic E-state index is -3.56. The van der Waals surface area contributed by atoms with Crippen LogP contribution in [-0.2, 0) is 10.0 Å².